The van der Waals surface area contributed by atoms with Gasteiger partial charge in [0.25, 0.3) is 0 Å². The van der Waals surface area contributed by atoms with Crippen LogP contribution < -0.4 is 47.7 Å². The van der Waals surface area contributed by atoms with Gasteiger partial charge in [-0.15, -0.1) is 0 Å². The van der Waals surface area contributed by atoms with Crippen LogP contribution in [0.1, 0.15) is 16.7 Å². The molecule has 1 heterocycles. The van der Waals surface area contributed by atoms with Gasteiger partial charge in [0.15, 0.2) is 23.0 Å². The summed E-state index contributed by atoms with van der Waals surface area (Å²) in [5, 5.41) is 0. The Morgan fingerprint density at radius 1 is 0.733 bits per heavy atom. The third-order valence-electron chi connectivity index (χ3n) is 5.47. The fourth-order valence-electron chi connectivity index (χ4n) is 3.81. The summed E-state index contributed by atoms with van der Waals surface area (Å²) >= 11 is 0. The second-order valence-corrected chi connectivity index (χ2v) is 7.51. The van der Waals surface area contributed by atoms with Crippen molar-refractivity contribution in [3.63, 3.8) is 0 Å². The Morgan fingerprint density at radius 3 is 1.77 bits per heavy atom. The van der Waals surface area contributed by atoms with Crippen molar-refractivity contribution in [2.75, 3.05) is 56.2 Å². The number of nitrogens with zero attached hydrogens (tertiary/aromatic N) is 1. The number of rotatable bonds is 6. The molecule has 0 amide bonds. The van der Waals surface area contributed by atoms with E-state index in [1.165, 1.54) is 11.3 Å². The van der Waals surface area contributed by atoms with Gasteiger partial charge in [0.05, 0.1) is 56.2 Å². The molecular formula is C23H30INO5. The smallest absolute Gasteiger partial charge is 0.203 e. The molecule has 3 rings (SSSR count). The maximum Gasteiger partial charge on any atom is 0.203 e. The summed E-state index contributed by atoms with van der Waals surface area (Å²) in [5.41, 5.74) is 4.57. The number of quaternary nitrogens is 1. The lowest BCUT2D eigenvalue weighted by atomic mass is 9.93. The molecule has 0 fully saturated rings. The number of likely N-dealkylation sites (N-methyl/N-ethyl adjacent to an activating group) is 1. The standard InChI is InChI=1S/C23H30NO5.HI/c1-24(2)9-8-16-13-19(25-3)20(26-4)14-17(16)18(24)10-15-11-21(27-5)23(29-7)22(12-15)28-6;/h10-14H,8-9H2,1-7H3;1H/q+1;/p-1. The molecule has 0 aromatic heterocycles. The minimum Gasteiger partial charge on any atom is -1.00 e. The molecule has 0 N–H and O–H groups in total. The molecule has 1 aliphatic heterocycles. The van der Waals surface area contributed by atoms with Crippen LogP contribution in [-0.4, -0.2) is 60.7 Å². The maximum atomic E-state index is 5.56. The number of fused-ring (bicyclic) bond motifs is 1. The number of benzene rings is 2. The van der Waals surface area contributed by atoms with Crippen LogP contribution >= 0.6 is 0 Å². The zero-order valence-corrected chi connectivity index (χ0v) is 20.8. The Hall–Kier alpha value is -2.13. The van der Waals surface area contributed by atoms with Crippen molar-refractivity contribution in [1.82, 2.24) is 0 Å². The second-order valence-electron chi connectivity index (χ2n) is 7.51. The molecule has 2 aromatic rings. The van der Waals surface area contributed by atoms with E-state index in [9.17, 15) is 0 Å². The minimum atomic E-state index is 0. The molecule has 0 saturated heterocycles. The third-order valence-corrected chi connectivity index (χ3v) is 5.47. The molecular weight excluding hydrogens is 497 g/mol. The number of methoxy groups -OCH3 is 5. The van der Waals surface area contributed by atoms with E-state index < -0.39 is 0 Å². The molecule has 30 heavy (non-hydrogen) atoms. The first-order valence-corrected chi connectivity index (χ1v) is 9.49. The zero-order chi connectivity index (χ0) is 21.2. The molecule has 2 aromatic carbocycles. The van der Waals surface area contributed by atoms with Gasteiger partial charge in [-0.25, -0.2) is 0 Å². The number of hydrogen-bond donors (Lipinski definition) is 0. The first kappa shape index (κ1) is 24.1. The van der Waals surface area contributed by atoms with Crippen LogP contribution in [0.15, 0.2) is 24.3 Å². The monoisotopic (exact) mass is 527 g/mol. The summed E-state index contributed by atoms with van der Waals surface area (Å²) in [6, 6.07) is 8.07. The van der Waals surface area contributed by atoms with E-state index in [0.717, 1.165) is 40.1 Å². The van der Waals surface area contributed by atoms with E-state index >= 15 is 0 Å². The van der Waals surface area contributed by atoms with Crippen molar-refractivity contribution in [3.05, 3.63) is 41.0 Å². The maximum absolute atomic E-state index is 5.56. The lowest BCUT2D eigenvalue weighted by Crippen LogP contribution is -3.00. The first-order chi connectivity index (χ1) is 13.9. The third kappa shape index (κ3) is 4.46. The van der Waals surface area contributed by atoms with Gasteiger partial charge >= 0.3 is 0 Å². The van der Waals surface area contributed by atoms with E-state index in [1.54, 1.807) is 35.5 Å². The van der Waals surface area contributed by atoms with Crippen LogP contribution in [0.2, 0.25) is 0 Å². The highest BCUT2D eigenvalue weighted by molar-refractivity contribution is 5.81. The SMILES string of the molecule is COc1cc2c(cc1OC)C(=Cc1cc(OC)c(OC)c(OC)c1)[N+](C)(C)CC2.[I-]. The molecule has 164 valence electrons. The summed E-state index contributed by atoms with van der Waals surface area (Å²) in [7, 11) is 12.6. The normalized spacial score (nSPS) is 15.6. The van der Waals surface area contributed by atoms with Gasteiger partial charge in [-0.2, -0.15) is 0 Å². The summed E-state index contributed by atoms with van der Waals surface area (Å²) < 4.78 is 28.3. The van der Waals surface area contributed by atoms with Crippen LogP contribution in [0.25, 0.3) is 11.8 Å². The van der Waals surface area contributed by atoms with Gasteiger partial charge in [0, 0.05) is 18.1 Å². The predicted octanol–water partition coefficient (Wildman–Crippen LogP) is 0.864. The Labute approximate surface area is 195 Å². The van der Waals surface area contributed by atoms with E-state index in [2.05, 4.69) is 32.3 Å². The van der Waals surface area contributed by atoms with E-state index in [-0.39, 0.29) is 24.0 Å². The van der Waals surface area contributed by atoms with Crippen molar-refractivity contribution in [2.45, 2.75) is 6.42 Å². The van der Waals surface area contributed by atoms with Crippen molar-refractivity contribution >= 4 is 11.8 Å². The predicted molar refractivity (Wildman–Crippen MR) is 114 cm³/mol. The minimum absolute atomic E-state index is 0. The van der Waals surface area contributed by atoms with Crippen molar-refractivity contribution in [2.24, 2.45) is 0 Å². The Balaban J connectivity index is 0.00000320. The van der Waals surface area contributed by atoms with Gasteiger partial charge in [-0.05, 0) is 35.4 Å². The lowest BCUT2D eigenvalue weighted by Gasteiger charge is -2.37. The van der Waals surface area contributed by atoms with E-state index in [1.807, 2.05) is 12.1 Å². The van der Waals surface area contributed by atoms with Crippen LogP contribution in [0.4, 0.5) is 0 Å². The van der Waals surface area contributed by atoms with Gasteiger partial charge in [0.1, 0.15) is 5.70 Å². The van der Waals surface area contributed by atoms with Crippen molar-refractivity contribution in [1.29, 1.82) is 0 Å². The van der Waals surface area contributed by atoms with Crippen molar-refractivity contribution in [3.8, 4) is 28.7 Å². The highest BCUT2D eigenvalue weighted by Crippen LogP contribution is 2.42. The molecule has 0 aliphatic carbocycles. The van der Waals surface area contributed by atoms with E-state index in [4.69, 9.17) is 23.7 Å². The van der Waals surface area contributed by atoms with Crippen molar-refractivity contribution < 1.29 is 52.1 Å². The molecule has 1 aliphatic rings. The van der Waals surface area contributed by atoms with Crippen LogP contribution in [-0.2, 0) is 6.42 Å². The number of halogens is 1. The lowest BCUT2D eigenvalue weighted by molar-refractivity contribution is -0.819. The zero-order valence-electron chi connectivity index (χ0n) is 18.7. The van der Waals surface area contributed by atoms with Gasteiger partial charge in [-0.1, -0.05) is 0 Å². The van der Waals surface area contributed by atoms with E-state index in [0.29, 0.717) is 17.2 Å². The second kappa shape index (κ2) is 9.78. The average molecular weight is 527 g/mol. The molecule has 0 bridgehead atoms. The molecule has 0 atom stereocenters. The highest BCUT2D eigenvalue weighted by Gasteiger charge is 2.32. The van der Waals surface area contributed by atoms with Gasteiger partial charge < -0.3 is 47.7 Å². The fourth-order valence-corrected chi connectivity index (χ4v) is 3.81. The van der Waals surface area contributed by atoms with Gasteiger partial charge in [0.2, 0.25) is 5.75 Å². The largest absolute Gasteiger partial charge is 1.00 e. The average Bonchev–Trinajstić information content (AvgIpc) is 2.73. The summed E-state index contributed by atoms with van der Waals surface area (Å²) in [5.74, 6) is 3.33. The number of hydrogen-bond acceptors (Lipinski definition) is 5. The van der Waals surface area contributed by atoms with Crippen LogP contribution in [0.3, 0.4) is 0 Å². The highest BCUT2D eigenvalue weighted by atomic mass is 127. The molecule has 7 heteroatoms. The Bertz CT molecular complexity index is 914. The Morgan fingerprint density at radius 2 is 1.27 bits per heavy atom. The summed E-state index contributed by atoms with van der Waals surface area (Å²) in [6.07, 6.45) is 3.14. The quantitative estimate of drug-likeness (QED) is 0.412. The summed E-state index contributed by atoms with van der Waals surface area (Å²) in [4.78, 5) is 0. The summed E-state index contributed by atoms with van der Waals surface area (Å²) in [6.45, 7) is 0.985. The molecule has 0 saturated carbocycles. The molecule has 0 unspecified atom stereocenters. The topological polar surface area (TPSA) is 46.2 Å². The van der Waals surface area contributed by atoms with Crippen LogP contribution in [0.5, 0.6) is 28.7 Å². The number of ether oxygens (including phenoxy) is 5. The fraction of sp³-hybridized carbons (Fsp3) is 0.391. The molecule has 0 radical (unpaired) electrons. The molecule has 6 nitrogen and oxygen atoms in total. The Kier molecular flexibility index (Phi) is 7.87. The first-order valence-electron chi connectivity index (χ1n) is 9.49. The van der Waals surface area contributed by atoms with Crippen LogP contribution in [0, 0.1) is 0 Å². The molecule has 0 spiro atoms. The van der Waals surface area contributed by atoms with Gasteiger partial charge in [-0.3, -0.25) is 4.48 Å².